The molecule has 0 rings (SSSR count). The first-order valence-corrected chi connectivity index (χ1v) is 2.96. The van der Waals surface area contributed by atoms with Crippen molar-refractivity contribution < 1.29 is 14.3 Å². The fraction of sp³-hybridized carbons (Fsp3) is 0.667. The first-order chi connectivity index (χ1) is 4.57. The lowest BCUT2D eigenvalue weighted by molar-refractivity contribution is -0.146. The van der Waals surface area contributed by atoms with Crippen LogP contribution in [0.5, 0.6) is 0 Å². The Morgan fingerprint density at radius 1 is 1.70 bits per heavy atom. The molecule has 0 aliphatic rings. The van der Waals surface area contributed by atoms with Crippen LogP contribution in [0.2, 0.25) is 0 Å². The summed E-state index contributed by atoms with van der Waals surface area (Å²) in [6, 6.07) is -0.719. The molecule has 0 radical (unpaired) electrons. The van der Waals surface area contributed by atoms with E-state index in [0.29, 0.717) is 6.29 Å². The first-order valence-electron chi connectivity index (χ1n) is 2.96. The molecule has 10 heavy (non-hydrogen) atoms. The van der Waals surface area contributed by atoms with E-state index < -0.39 is 18.1 Å². The molecule has 0 heterocycles. The molecule has 2 N–H and O–H groups in total. The summed E-state index contributed by atoms with van der Waals surface area (Å²) >= 11 is 0. The lowest BCUT2D eigenvalue weighted by Gasteiger charge is -2.13. The highest BCUT2D eigenvalue weighted by Crippen LogP contribution is 1.93. The van der Waals surface area contributed by atoms with Crippen LogP contribution in [0.4, 0.5) is 0 Å². The minimum Gasteiger partial charge on any atom is -0.461 e. The zero-order valence-corrected chi connectivity index (χ0v) is 6.03. The van der Waals surface area contributed by atoms with Crippen molar-refractivity contribution in [1.82, 2.24) is 0 Å². The maximum atomic E-state index is 10.3. The summed E-state index contributed by atoms with van der Waals surface area (Å²) in [5.41, 5.74) is 5.22. The van der Waals surface area contributed by atoms with Gasteiger partial charge in [0.1, 0.15) is 12.4 Å². The van der Waals surface area contributed by atoms with Gasteiger partial charge in [-0.3, -0.25) is 4.79 Å². The Morgan fingerprint density at radius 2 is 2.20 bits per heavy atom. The van der Waals surface area contributed by atoms with Gasteiger partial charge >= 0.3 is 5.97 Å². The normalized spacial score (nSPS) is 15.5. The van der Waals surface area contributed by atoms with Crippen molar-refractivity contribution in [3.8, 4) is 0 Å². The molecule has 0 spiro atoms. The van der Waals surface area contributed by atoms with E-state index in [9.17, 15) is 9.59 Å². The second-order valence-corrected chi connectivity index (χ2v) is 2.03. The van der Waals surface area contributed by atoms with Crippen molar-refractivity contribution in [2.24, 2.45) is 5.73 Å². The minimum absolute atomic E-state index is 0.426. The van der Waals surface area contributed by atoms with Crippen LogP contribution in [0.25, 0.3) is 0 Å². The van der Waals surface area contributed by atoms with E-state index in [4.69, 9.17) is 5.73 Å². The third-order valence-corrected chi connectivity index (χ3v) is 1.05. The van der Waals surface area contributed by atoms with Crippen LogP contribution in [-0.4, -0.2) is 24.4 Å². The maximum absolute atomic E-state index is 10.3. The summed E-state index contributed by atoms with van der Waals surface area (Å²) in [7, 11) is 0. The van der Waals surface area contributed by atoms with Gasteiger partial charge in [0.05, 0.1) is 6.04 Å². The summed E-state index contributed by atoms with van der Waals surface area (Å²) in [5.74, 6) is -0.426. The molecule has 0 aromatic heterocycles. The van der Waals surface area contributed by atoms with Crippen LogP contribution in [0.3, 0.4) is 0 Å². The summed E-state index contributed by atoms with van der Waals surface area (Å²) in [6.07, 6.45) is 0.0168. The molecule has 0 amide bonds. The van der Waals surface area contributed by atoms with Gasteiger partial charge in [-0.1, -0.05) is 0 Å². The predicted octanol–water partition coefficient (Wildman–Crippen LogP) is -0.536. The molecule has 58 valence electrons. The number of hydrogen-bond acceptors (Lipinski definition) is 4. The fourth-order valence-electron chi connectivity index (χ4n) is 0.451. The Morgan fingerprint density at radius 3 is 2.50 bits per heavy atom. The topological polar surface area (TPSA) is 69.4 Å². The fourth-order valence-corrected chi connectivity index (χ4v) is 0.451. The number of ether oxygens (including phenoxy) is 1. The van der Waals surface area contributed by atoms with Gasteiger partial charge in [-0.2, -0.15) is 0 Å². The zero-order chi connectivity index (χ0) is 8.15. The lowest BCUT2D eigenvalue weighted by atomic mass is 10.2. The molecule has 0 aromatic carbocycles. The van der Waals surface area contributed by atoms with Gasteiger partial charge in [-0.25, -0.2) is 0 Å². The third kappa shape index (κ3) is 3.19. The van der Waals surface area contributed by atoms with E-state index in [-0.39, 0.29) is 0 Å². The van der Waals surface area contributed by atoms with Gasteiger partial charge in [0, 0.05) is 6.92 Å². The molecule has 4 heteroatoms. The number of aldehydes is 1. The molecule has 4 nitrogen and oxygen atoms in total. The Kier molecular flexibility index (Phi) is 3.64. The lowest BCUT2D eigenvalue weighted by Crippen LogP contribution is -2.36. The van der Waals surface area contributed by atoms with Crippen LogP contribution in [0.15, 0.2) is 0 Å². The molecule has 0 saturated heterocycles. The Hall–Kier alpha value is -0.900. The Labute approximate surface area is 59.3 Å². The number of nitrogens with two attached hydrogens (primary N) is 1. The number of carbonyl (C=O) groups excluding carboxylic acids is 2. The average molecular weight is 145 g/mol. The Bertz CT molecular complexity index is 135. The van der Waals surface area contributed by atoms with E-state index >= 15 is 0 Å². The van der Waals surface area contributed by atoms with Gasteiger partial charge in [-0.05, 0) is 6.92 Å². The highest BCUT2D eigenvalue weighted by atomic mass is 16.5. The predicted molar refractivity (Wildman–Crippen MR) is 35.3 cm³/mol. The molecule has 2 atom stereocenters. The quantitative estimate of drug-likeness (QED) is 0.428. The van der Waals surface area contributed by atoms with Crippen molar-refractivity contribution >= 4 is 12.3 Å². The SMILES string of the molecule is CC(=O)OC(C)[C@H](N)C=O. The smallest absolute Gasteiger partial charge is 0.302 e. The first kappa shape index (κ1) is 9.10. The average Bonchev–Trinajstić information content (AvgIpc) is 1.85. The molecule has 0 aromatic rings. The number of rotatable bonds is 3. The summed E-state index contributed by atoms with van der Waals surface area (Å²) in [6.45, 7) is 2.84. The second-order valence-electron chi connectivity index (χ2n) is 2.03. The van der Waals surface area contributed by atoms with Crippen molar-refractivity contribution in [3.63, 3.8) is 0 Å². The van der Waals surface area contributed by atoms with E-state index in [1.165, 1.54) is 6.92 Å². The molecule has 0 aliphatic carbocycles. The number of hydrogen-bond donors (Lipinski definition) is 1. The van der Waals surface area contributed by atoms with Crippen LogP contribution >= 0.6 is 0 Å². The van der Waals surface area contributed by atoms with E-state index in [1.807, 2.05) is 0 Å². The third-order valence-electron chi connectivity index (χ3n) is 1.05. The molecule has 0 bridgehead atoms. The summed E-state index contributed by atoms with van der Waals surface area (Å²) in [5, 5.41) is 0. The molecule has 1 unspecified atom stereocenters. The van der Waals surface area contributed by atoms with Crippen molar-refractivity contribution in [1.29, 1.82) is 0 Å². The zero-order valence-electron chi connectivity index (χ0n) is 6.03. The highest BCUT2D eigenvalue weighted by Gasteiger charge is 2.13. The molecular formula is C6H11NO3. The largest absolute Gasteiger partial charge is 0.461 e. The van der Waals surface area contributed by atoms with Crippen LogP contribution in [-0.2, 0) is 14.3 Å². The molecule has 0 aliphatic heterocycles. The molecule has 0 fully saturated rings. The van der Waals surface area contributed by atoms with Crippen LogP contribution in [0, 0.1) is 0 Å². The summed E-state index contributed by atoms with van der Waals surface area (Å²) < 4.78 is 4.61. The maximum Gasteiger partial charge on any atom is 0.302 e. The minimum atomic E-state index is -0.719. The van der Waals surface area contributed by atoms with Crippen molar-refractivity contribution in [2.45, 2.75) is 26.0 Å². The van der Waals surface area contributed by atoms with Gasteiger partial charge in [0.25, 0.3) is 0 Å². The summed E-state index contributed by atoms with van der Waals surface area (Å²) in [4.78, 5) is 20.3. The highest BCUT2D eigenvalue weighted by molar-refractivity contribution is 5.67. The van der Waals surface area contributed by atoms with Crippen LogP contribution in [0.1, 0.15) is 13.8 Å². The van der Waals surface area contributed by atoms with Gasteiger partial charge in [-0.15, -0.1) is 0 Å². The van der Waals surface area contributed by atoms with Gasteiger partial charge in [0.15, 0.2) is 0 Å². The van der Waals surface area contributed by atoms with E-state index in [1.54, 1.807) is 6.92 Å². The van der Waals surface area contributed by atoms with Gasteiger partial charge < -0.3 is 15.3 Å². The number of carbonyl (C=O) groups is 2. The second kappa shape index (κ2) is 4.00. The van der Waals surface area contributed by atoms with Crippen molar-refractivity contribution in [2.75, 3.05) is 0 Å². The standard InChI is InChI=1S/C6H11NO3/c1-4(6(7)3-8)10-5(2)9/h3-4,6H,7H2,1-2H3/t4?,6-/m1/s1. The monoisotopic (exact) mass is 145 g/mol. The van der Waals surface area contributed by atoms with Crippen LogP contribution < -0.4 is 5.73 Å². The van der Waals surface area contributed by atoms with E-state index in [0.717, 1.165) is 0 Å². The molecule has 0 saturated carbocycles. The molecular weight excluding hydrogens is 134 g/mol. The number of esters is 1. The Balaban J connectivity index is 3.71. The van der Waals surface area contributed by atoms with E-state index in [2.05, 4.69) is 4.74 Å². The van der Waals surface area contributed by atoms with Gasteiger partial charge in [0.2, 0.25) is 0 Å². The van der Waals surface area contributed by atoms with Crippen molar-refractivity contribution in [3.05, 3.63) is 0 Å².